The molecular weight excluding hydrogens is 665 g/mol. The Morgan fingerprint density at radius 3 is 1.35 bits per heavy atom. The smallest absolute Gasteiger partial charge is 0.382 e. The number of hydrogen-bond donors (Lipinski definition) is 2. The lowest BCUT2D eigenvalue weighted by Crippen LogP contribution is -2.57. The van der Waals surface area contributed by atoms with E-state index < -0.39 is 33.8 Å². The Morgan fingerprint density at radius 2 is 0.980 bits per heavy atom. The molecule has 0 aromatic rings. The molecular formula is C42H62O8S. The highest BCUT2D eigenvalue weighted by atomic mass is 32.3. The summed E-state index contributed by atoms with van der Waals surface area (Å²) in [6.07, 6.45) is 16.4. The van der Waals surface area contributed by atoms with Gasteiger partial charge in [-0.25, -0.2) is 8.37 Å². The summed E-state index contributed by atoms with van der Waals surface area (Å²) in [6.45, 7) is 12.1. The van der Waals surface area contributed by atoms with Crippen molar-refractivity contribution in [1.29, 1.82) is 0 Å². The van der Waals surface area contributed by atoms with Crippen LogP contribution in [0.25, 0.3) is 0 Å². The predicted molar refractivity (Wildman–Crippen MR) is 193 cm³/mol. The molecule has 0 aromatic carbocycles. The zero-order valence-corrected chi connectivity index (χ0v) is 32.7. The third-order valence-electron chi connectivity index (χ3n) is 18.1. The Kier molecular flexibility index (Phi) is 8.47. The van der Waals surface area contributed by atoms with Crippen LogP contribution in [-0.2, 0) is 28.4 Å². The highest BCUT2D eigenvalue weighted by molar-refractivity contribution is 7.81. The zero-order valence-electron chi connectivity index (χ0n) is 31.8. The Morgan fingerprint density at radius 1 is 0.608 bits per heavy atom. The minimum Gasteiger partial charge on any atom is -0.382 e. The molecule has 284 valence electrons. The van der Waals surface area contributed by atoms with Crippen molar-refractivity contribution < 1.29 is 36.6 Å². The lowest BCUT2D eigenvalue weighted by atomic mass is 9.47. The van der Waals surface area contributed by atoms with Crippen LogP contribution in [0.5, 0.6) is 0 Å². The topological polar surface area (TPSA) is 127 Å². The van der Waals surface area contributed by atoms with Crippen LogP contribution in [0.3, 0.4) is 0 Å². The number of carbonyl (C=O) groups is 2. The zero-order chi connectivity index (χ0) is 36.6. The van der Waals surface area contributed by atoms with E-state index in [9.17, 15) is 28.2 Å². The van der Waals surface area contributed by atoms with Gasteiger partial charge in [0.25, 0.3) is 0 Å². The van der Waals surface area contributed by atoms with E-state index in [4.69, 9.17) is 8.37 Å². The summed E-state index contributed by atoms with van der Waals surface area (Å²) < 4.78 is 38.7. The SMILES string of the molecule is CC(=O)[C@@]1(O)CC[C@H]2[C@@H]3CC=C4CC(OS(=O)(=O)OC5CC[C@@]6(C)C(=CC[C@@H]7[C@@H]6CC[C@@]6(C)[C@H]7CC[C@]6(O)C(C)=O)C5)CC[C@]4(C)[C@H]3CC[C@@]21C. The predicted octanol–water partition coefficient (Wildman–Crippen LogP) is 7.57. The molecule has 8 nitrogen and oxygen atoms in total. The molecule has 0 aliphatic heterocycles. The Labute approximate surface area is 305 Å². The summed E-state index contributed by atoms with van der Waals surface area (Å²) in [7, 11) is -4.20. The van der Waals surface area contributed by atoms with E-state index in [1.807, 2.05) is 0 Å². The lowest BCUT2D eigenvalue weighted by Gasteiger charge is -2.59. The molecule has 2 N–H and O–H groups in total. The Hall–Kier alpha value is -1.39. The first-order valence-electron chi connectivity index (χ1n) is 20.3. The second-order valence-corrected chi connectivity index (χ2v) is 20.9. The average Bonchev–Trinajstić information content (AvgIpc) is 3.51. The van der Waals surface area contributed by atoms with E-state index in [0.717, 1.165) is 64.2 Å². The Bertz CT molecular complexity index is 1550. The number of rotatable bonds is 6. The maximum absolute atomic E-state index is 13.5. The van der Waals surface area contributed by atoms with Crippen LogP contribution >= 0.6 is 0 Å². The molecule has 0 saturated heterocycles. The molecule has 0 bridgehead atoms. The van der Waals surface area contributed by atoms with Gasteiger partial charge < -0.3 is 10.2 Å². The van der Waals surface area contributed by atoms with Crippen molar-refractivity contribution >= 4 is 22.0 Å². The quantitative estimate of drug-likeness (QED) is 0.269. The number of allylic oxidation sites excluding steroid dienone is 2. The first-order valence-corrected chi connectivity index (χ1v) is 21.6. The van der Waals surface area contributed by atoms with Crippen molar-refractivity contribution in [3.8, 4) is 0 Å². The molecule has 9 heteroatoms. The average molecular weight is 727 g/mol. The van der Waals surface area contributed by atoms with Crippen molar-refractivity contribution in [3.05, 3.63) is 23.3 Å². The van der Waals surface area contributed by atoms with Gasteiger partial charge >= 0.3 is 10.4 Å². The molecule has 0 spiro atoms. The number of aliphatic hydroxyl groups is 2. The standard InChI is InChI=1S/C42H62O8S/c1-25(43)41(45)21-15-35-31-9-7-27-23-29(11-17-37(27,3)33(31)13-19-39(35,41)5)49-51(47,48)50-30-12-18-38(4)28(24-30)8-10-32-34(38)14-20-40(6)36(32)16-22-42(40,46)26(2)44/h7-8,29-36,45-46H,9-24H2,1-6H3/t29?,30?,31-,32-,33+,34+,35+,36+,37+,38+,39+,40+,41+,42+/m1/s1. The number of carbonyl (C=O) groups excluding carboxylic acids is 2. The molecule has 8 aliphatic carbocycles. The fraction of sp³-hybridized carbons (Fsp3) is 0.857. The van der Waals surface area contributed by atoms with E-state index in [2.05, 4.69) is 39.8 Å². The maximum atomic E-state index is 13.5. The Balaban J connectivity index is 0.909. The van der Waals surface area contributed by atoms with Gasteiger partial charge in [-0.15, -0.1) is 0 Å². The van der Waals surface area contributed by atoms with Crippen LogP contribution in [0.15, 0.2) is 23.3 Å². The van der Waals surface area contributed by atoms with Crippen molar-refractivity contribution in [2.45, 2.75) is 168 Å². The van der Waals surface area contributed by atoms with E-state index in [1.54, 1.807) is 13.8 Å². The van der Waals surface area contributed by atoms with E-state index in [0.29, 0.717) is 74.0 Å². The number of Topliss-reactive ketones (excluding diaryl/α,β-unsaturated/α-hetero) is 2. The summed E-state index contributed by atoms with van der Waals surface area (Å²) in [6, 6.07) is 0. The van der Waals surface area contributed by atoms with Gasteiger partial charge in [0.2, 0.25) is 0 Å². The fourth-order valence-electron chi connectivity index (χ4n) is 15.0. The van der Waals surface area contributed by atoms with Gasteiger partial charge in [-0.05, 0) is 163 Å². The van der Waals surface area contributed by atoms with Gasteiger partial charge in [0, 0.05) is 10.8 Å². The fourth-order valence-corrected chi connectivity index (χ4v) is 16.0. The first kappa shape index (κ1) is 36.6. The minimum atomic E-state index is -4.20. The van der Waals surface area contributed by atoms with Crippen LogP contribution in [0.4, 0.5) is 0 Å². The van der Waals surface area contributed by atoms with Crippen LogP contribution in [0.1, 0.15) is 144 Å². The monoisotopic (exact) mass is 726 g/mol. The molecule has 6 saturated carbocycles. The van der Waals surface area contributed by atoms with Gasteiger partial charge in [-0.1, -0.05) is 51.0 Å². The largest absolute Gasteiger partial charge is 0.400 e. The van der Waals surface area contributed by atoms with Crippen LogP contribution in [0, 0.1) is 57.2 Å². The second-order valence-electron chi connectivity index (χ2n) is 19.7. The molecule has 8 aliphatic rings. The van der Waals surface area contributed by atoms with E-state index in [1.165, 1.54) is 11.1 Å². The van der Waals surface area contributed by atoms with Crippen LogP contribution in [0.2, 0.25) is 0 Å². The van der Waals surface area contributed by atoms with Gasteiger partial charge in [-0.2, -0.15) is 8.42 Å². The van der Waals surface area contributed by atoms with Crippen molar-refractivity contribution in [2.24, 2.45) is 57.2 Å². The normalized spacial score (nSPS) is 51.8. The molecule has 0 heterocycles. The van der Waals surface area contributed by atoms with Crippen molar-refractivity contribution in [3.63, 3.8) is 0 Å². The van der Waals surface area contributed by atoms with Crippen LogP contribution < -0.4 is 0 Å². The third kappa shape index (κ3) is 5.05. The van der Waals surface area contributed by atoms with Crippen molar-refractivity contribution in [2.75, 3.05) is 0 Å². The number of ketones is 2. The number of fused-ring (bicyclic) bond motifs is 10. The molecule has 8 rings (SSSR count). The number of hydrogen-bond acceptors (Lipinski definition) is 8. The maximum Gasteiger partial charge on any atom is 0.400 e. The molecule has 0 aromatic heterocycles. The lowest BCUT2D eigenvalue weighted by molar-refractivity contribution is -0.159. The summed E-state index contributed by atoms with van der Waals surface area (Å²) in [5.41, 5.74) is -0.636. The second kappa shape index (κ2) is 11.8. The van der Waals surface area contributed by atoms with Crippen LogP contribution in [-0.4, -0.2) is 53.6 Å². The molecule has 6 fully saturated rings. The summed E-state index contributed by atoms with van der Waals surface area (Å²) in [5.74, 6) is 2.23. The minimum absolute atomic E-state index is 0.0232. The molecule has 51 heavy (non-hydrogen) atoms. The van der Waals surface area contributed by atoms with Gasteiger partial charge in [0.15, 0.2) is 11.6 Å². The van der Waals surface area contributed by atoms with Gasteiger partial charge in [-0.3, -0.25) is 9.59 Å². The highest BCUT2D eigenvalue weighted by Gasteiger charge is 2.67. The summed E-state index contributed by atoms with van der Waals surface area (Å²) >= 11 is 0. The molecule has 0 radical (unpaired) electrons. The van der Waals surface area contributed by atoms with E-state index in [-0.39, 0.29) is 33.2 Å². The molecule has 14 atom stereocenters. The summed E-state index contributed by atoms with van der Waals surface area (Å²) in [5, 5.41) is 23.0. The van der Waals surface area contributed by atoms with Gasteiger partial charge in [0.1, 0.15) is 11.2 Å². The third-order valence-corrected chi connectivity index (χ3v) is 19.1. The molecule has 0 amide bonds. The van der Waals surface area contributed by atoms with E-state index >= 15 is 0 Å². The first-order chi connectivity index (χ1) is 23.8. The van der Waals surface area contributed by atoms with Gasteiger partial charge in [0.05, 0.1) is 12.2 Å². The van der Waals surface area contributed by atoms with Crippen molar-refractivity contribution in [1.82, 2.24) is 0 Å². The highest BCUT2D eigenvalue weighted by Crippen LogP contribution is 2.69. The summed E-state index contributed by atoms with van der Waals surface area (Å²) in [4.78, 5) is 25.2. The molecule has 2 unspecified atom stereocenters.